The van der Waals surface area contributed by atoms with Crippen LogP contribution in [-0.2, 0) is 19.3 Å². The van der Waals surface area contributed by atoms with Crippen LogP contribution >= 0.6 is 35.3 Å². The van der Waals surface area contributed by atoms with Crippen LogP contribution in [0.15, 0.2) is 28.6 Å². The summed E-state index contributed by atoms with van der Waals surface area (Å²) in [5.74, 6) is 1.28. The van der Waals surface area contributed by atoms with Gasteiger partial charge in [-0.1, -0.05) is 19.1 Å². The van der Waals surface area contributed by atoms with Gasteiger partial charge in [-0.2, -0.15) is 13.2 Å². The maximum absolute atomic E-state index is 12.6. The van der Waals surface area contributed by atoms with Crippen LogP contribution in [0.25, 0.3) is 0 Å². The lowest BCUT2D eigenvalue weighted by atomic mass is 10.1. The maximum atomic E-state index is 12.6. The number of nitrogens with zero attached hydrogens (tertiary/aromatic N) is 2. The second-order valence-electron chi connectivity index (χ2n) is 6.35. The van der Waals surface area contributed by atoms with Crippen molar-refractivity contribution in [3.63, 3.8) is 0 Å². The molecule has 0 spiro atoms. The molecule has 5 nitrogen and oxygen atoms in total. The van der Waals surface area contributed by atoms with Crippen molar-refractivity contribution in [2.75, 3.05) is 7.05 Å². The SMILES string of the molecule is CCC(C)Oc1cc(C)ccc1CNC(=NC)NCc1nc(C(F)(F)F)cs1.I. The summed E-state index contributed by atoms with van der Waals surface area (Å²) >= 11 is 0.960. The molecule has 1 aromatic carbocycles. The molecule has 0 aliphatic carbocycles. The number of aromatic nitrogens is 1. The number of halogens is 4. The summed E-state index contributed by atoms with van der Waals surface area (Å²) in [7, 11) is 1.60. The molecule has 2 N–H and O–H groups in total. The van der Waals surface area contributed by atoms with Crippen molar-refractivity contribution in [1.29, 1.82) is 0 Å². The minimum atomic E-state index is -4.42. The van der Waals surface area contributed by atoms with Crippen LogP contribution in [0.2, 0.25) is 0 Å². The van der Waals surface area contributed by atoms with Crippen LogP contribution in [0, 0.1) is 6.92 Å². The number of ether oxygens (including phenoxy) is 1. The molecule has 0 saturated carbocycles. The predicted molar refractivity (Wildman–Crippen MR) is 121 cm³/mol. The maximum Gasteiger partial charge on any atom is 0.434 e. The van der Waals surface area contributed by atoms with Gasteiger partial charge in [0.15, 0.2) is 11.7 Å². The third kappa shape index (κ3) is 8.00. The van der Waals surface area contributed by atoms with E-state index in [1.54, 1.807) is 7.05 Å². The number of hydrogen-bond donors (Lipinski definition) is 2. The molecule has 1 aromatic heterocycles. The summed E-state index contributed by atoms with van der Waals surface area (Å²) in [6, 6.07) is 5.99. The molecule has 2 rings (SSSR count). The largest absolute Gasteiger partial charge is 0.490 e. The van der Waals surface area contributed by atoms with Crippen LogP contribution in [0.3, 0.4) is 0 Å². The highest BCUT2D eigenvalue weighted by Crippen LogP contribution is 2.30. The average Bonchev–Trinajstić information content (AvgIpc) is 3.12. The molecule has 29 heavy (non-hydrogen) atoms. The van der Waals surface area contributed by atoms with Gasteiger partial charge in [0.25, 0.3) is 0 Å². The lowest BCUT2D eigenvalue weighted by molar-refractivity contribution is -0.140. The monoisotopic (exact) mass is 542 g/mol. The Balaban J connectivity index is 0.00000420. The lowest BCUT2D eigenvalue weighted by Gasteiger charge is -2.18. The van der Waals surface area contributed by atoms with Gasteiger partial charge in [-0.25, -0.2) is 4.98 Å². The Morgan fingerprint density at radius 1 is 1.28 bits per heavy atom. The van der Waals surface area contributed by atoms with Crippen LogP contribution < -0.4 is 15.4 Å². The van der Waals surface area contributed by atoms with Gasteiger partial charge in [-0.3, -0.25) is 4.99 Å². The van der Waals surface area contributed by atoms with Gasteiger partial charge in [0, 0.05) is 24.5 Å². The van der Waals surface area contributed by atoms with Crippen LogP contribution in [0.5, 0.6) is 5.75 Å². The molecule has 1 atom stereocenters. The third-order valence-corrected chi connectivity index (χ3v) is 4.89. The number of guanidine groups is 1. The van der Waals surface area contributed by atoms with Gasteiger partial charge in [-0.15, -0.1) is 35.3 Å². The number of thiazole rings is 1. The number of benzene rings is 1. The van der Waals surface area contributed by atoms with E-state index >= 15 is 0 Å². The molecule has 0 aliphatic rings. The van der Waals surface area contributed by atoms with Crippen LogP contribution in [0.4, 0.5) is 13.2 Å². The van der Waals surface area contributed by atoms with Gasteiger partial charge in [0.1, 0.15) is 10.8 Å². The molecule has 1 heterocycles. The Kier molecular flexibility index (Phi) is 10.2. The summed E-state index contributed by atoms with van der Waals surface area (Å²) < 4.78 is 43.9. The smallest absolute Gasteiger partial charge is 0.434 e. The second kappa shape index (κ2) is 11.6. The highest BCUT2D eigenvalue weighted by Gasteiger charge is 2.33. The number of aryl methyl sites for hydroxylation is 1. The summed E-state index contributed by atoms with van der Waals surface area (Å²) in [5.41, 5.74) is 1.21. The highest BCUT2D eigenvalue weighted by molar-refractivity contribution is 14.0. The zero-order chi connectivity index (χ0) is 20.7. The van der Waals surface area contributed by atoms with E-state index in [0.29, 0.717) is 17.5 Å². The molecular formula is C19H26F3IN4OS. The van der Waals surface area contributed by atoms with Crippen molar-refractivity contribution in [2.24, 2.45) is 4.99 Å². The zero-order valence-electron chi connectivity index (χ0n) is 16.8. The Morgan fingerprint density at radius 3 is 2.55 bits per heavy atom. The molecule has 0 fully saturated rings. The lowest BCUT2D eigenvalue weighted by Crippen LogP contribution is -2.36. The minimum Gasteiger partial charge on any atom is -0.490 e. The highest BCUT2D eigenvalue weighted by atomic mass is 127. The van der Waals surface area contributed by atoms with Gasteiger partial charge in [0.05, 0.1) is 12.6 Å². The topological polar surface area (TPSA) is 58.5 Å². The zero-order valence-corrected chi connectivity index (χ0v) is 19.9. The van der Waals surface area contributed by atoms with Crippen molar-refractivity contribution in [1.82, 2.24) is 15.6 Å². The molecule has 0 saturated heterocycles. The number of alkyl halides is 3. The van der Waals surface area contributed by atoms with Crippen molar-refractivity contribution in [3.8, 4) is 5.75 Å². The van der Waals surface area contributed by atoms with E-state index in [-0.39, 0.29) is 36.6 Å². The third-order valence-electron chi connectivity index (χ3n) is 4.04. The predicted octanol–water partition coefficient (Wildman–Crippen LogP) is 5.13. The number of hydrogen-bond acceptors (Lipinski definition) is 4. The Hall–Kier alpha value is -1.56. The second-order valence-corrected chi connectivity index (χ2v) is 7.29. The molecule has 10 heteroatoms. The average molecular weight is 542 g/mol. The molecular weight excluding hydrogens is 516 g/mol. The molecule has 162 valence electrons. The van der Waals surface area contributed by atoms with E-state index in [2.05, 4.69) is 27.5 Å². The van der Waals surface area contributed by atoms with Crippen molar-refractivity contribution in [2.45, 2.75) is 52.6 Å². The number of rotatable bonds is 7. The normalized spacial score (nSPS) is 12.9. The summed E-state index contributed by atoms with van der Waals surface area (Å²) in [5, 5.41) is 7.49. The van der Waals surface area contributed by atoms with Crippen LogP contribution in [-0.4, -0.2) is 24.1 Å². The van der Waals surface area contributed by atoms with Gasteiger partial charge < -0.3 is 15.4 Å². The van der Waals surface area contributed by atoms with Crippen molar-refractivity contribution < 1.29 is 17.9 Å². The standard InChI is InChI=1S/C19H25F3N4OS.HI/c1-5-13(3)27-15-8-12(2)6-7-14(15)9-24-18(23-4)25-10-17-26-16(11-28-17)19(20,21)22;/h6-8,11,13H,5,9-10H2,1-4H3,(H2,23,24,25);1H. The first-order valence-corrected chi connectivity index (χ1v) is 9.83. The Labute approximate surface area is 190 Å². The molecule has 0 radical (unpaired) electrons. The molecule has 0 aliphatic heterocycles. The van der Waals surface area contributed by atoms with E-state index < -0.39 is 11.9 Å². The fraction of sp³-hybridized carbons (Fsp3) is 0.474. The summed E-state index contributed by atoms with van der Waals surface area (Å²) in [6.07, 6.45) is -3.42. The van der Waals surface area contributed by atoms with E-state index in [0.717, 1.165) is 40.0 Å². The first-order valence-electron chi connectivity index (χ1n) is 8.95. The first kappa shape index (κ1) is 25.5. The number of nitrogens with one attached hydrogen (secondary N) is 2. The Bertz CT molecular complexity index is 811. The molecule has 2 aromatic rings. The summed E-state index contributed by atoms with van der Waals surface area (Å²) in [6.45, 7) is 6.71. The van der Waals surface area contributed by atoms with E-state index in [1.807, 2.05) is 32.0 Å². The molecule has 0 amide bonds. The Morgan fingerprint density at radius 2 is 1.97 bits per heavy atom. The van der Waals surface area contributed by atoms with E-state index in [9.17, 15) is 13.2 Å². The summed E-state index contributed by atoms with van der Waals surface area (Å²) in [4.78, 5) is 7.71. The minimum absolute atomic E-state index is 0. The van der Waals surface area contributed by atoms with Gasteiger partial charge >= 0.3 is 6.18 Å². The molecule has 1 unspecified atom stereocenters. The van der Waals surface area contributed by atoms with Gasteiger partial charge in [-0.05, 0) is 31.9 Å². The van der Waals surface area contributed by atoms with Crippen molar-refractivity contribution >= 4 is 41.3 Å². The fourth-order valence-electron chi connectivity index (χ4n) is 2.30. The quantitative estimate of drug-likeness (QED) is 0.290. The fourth-order valence-corrected chi connectivity index (χ4v) is 3.04. The van der Waals surface area contributed by atoms with E-state index in [1.165, 1.54) is 0 Å². The van der Waals surface area contributed by atoms with Crippen LogP contribution in [0.1, 0.15) is 42.1 Å². The van der Waals surface area contributed by atoms with Gasteiger partial charge in [0.2, 0.25) is 0 Å². The van der Waals surface area contributed by atoms with Crippen molar-refractivity contribution in [3.05, 3.63) is 45.4 Å². The first-order chi connectivity index (χ1) is 13.2. The molecule has 0 bridgehead atoms. The van der Waals surface area contributed by atoms with E-state index in [4.69, 9.17) is 4.74 Å². The number of aliphatic imine (C=N–C) groups is 1.